The zero-order valence-electron chi connectivity index (χ0n) is 24.5. The molecule has 1 saturated heterocycles. The van der Waals surface area contributed by atoms with Gasteiger partial charge in [0.1, 0.15) is 12.2 Å². The molecule has 11 heteroatoms. The number of alkyl carbamates (subject to hydrolysis) is 1. The van der Waals surface area contributed by atoms with Crippen molar-refractivity contribution in [1.82, 2.24) is 20.4 Å². The molecule has 0 spiro atoms. The third kappa shape index (κ3) is 5.85. The summed E-state index contributed by atoms with van der Waals surface area (Å²) in [5.41, 5.74) is 4.29. The molecule has 2 amide bonds. The standard InChI is InChI=1S/C33H32N4O7/c1-33(2,3)43-32(41)37-16-25(29-35-28(36-44-29)19-9-8-10-20(15-19)30(38)39)27(17-37)34-31(40)42-18-26-23-13-6-4-11-21(23)22-12-5-7-14-24(22)26/h4-15,25-27H,16-18H2,1-3H3,(H,34,40)(H,38,39)/t25-,27-/m0/s1. The number of aromatic nitrogens is 2. The zero-order valence-corrected chi connectivity index (χ0v) is 24.5. The van der Waals surface area contributed by atoms with Crippen molar-refractivity contribution in [3.05, 3.63) is 95.4 Å². The molecule has 1 aromatic heterocycles. The first kappa shape index (κ1) is 28.9. The molecule has 3 aromatic carbocycles. The second-order valence-electron chi connectivity index (χ2n) is 11.9. The van der Waals surface area contributed by atoms with E-state index in [9.17, 15) is 19.5 Å². The van der Waals surface area contributed by atoms with E-state index in [0.29, 0.717) is 5.56 Å². The van der Waals surface area contributed by atoms with Gasteiger partial charge in [-0.25, -0.2) is 14.4 Å². The first-order chi connectivity index (χ1) is 21.1. The molecule has 4 aromatic rings. The number of carbonyl (C=O) groups is 3. The van der Waals surface area contributed by atoms with Gasteiger partial charge in [-0.3, -0.25) is 0 Å². The zero-order chi connectivity index (χ0) is 31.0. The van der Waals surface area contributed by atoms with Crippen molar-refractivity contribution < 1.29 is 33.5 Å². The maximum Gasteiger partial charge on any atom is 0.410 e. The van der Waals surface area contributed by atoms with E-state index in [-0.39, 0.29) is 42.9 Å². The highest BCUT2D eigenvalue weighted by molar-refractivity contribution is 5.89. The summed E-state index contributed by atoms with van der Waals surface area (Å²) in [5.74, 6) is -1.36. The number of aromatic carboxylic acids is 1. The Labute approximate surface area is 253 Å². The minimum atomic E-state index is -1.08. The number of rotatable bonds is 6. The van der Waals surface area contributed by atoms with Gasteiger partial charge in [0.05, 0.1) is 17.5 Å². The Morgan fingerprint density at radius 2 is 1.66 bits per heavy atom. The second kappa shape index (κ2) is 11.5. The van der Waals surface area contributed by atoms with E-state index in [4.69, 9.17) is 14.0 Å². The first-order valence-electron chi connectivity index (χ1n) is 14.3. The van der Waals surface area contributed by atoms with Crippen LogP contribution < -0.4 is 5.32 Å². The number of nitrogens with zero attached hydrogens (tertiary/aromatic N) is 3. The Bertz CT molecular complexity index is 1680. The van der Waals surface area contributed by atoms with Gasteiger partial charge in [0.15, 0.2) is 0 Å². The van der Waals surface area contributed by atoms with Gasteiger partial charge in [0.2, 0.25) is 11.7 Å². The summed E-state index contributed by atoms with van der Waals surface area (Å²) in [4.78, 5) is 43.6. The van der Waals surface area contributed by atoms with Gasteiger partial charge in [-0.15, -0.1) is 0 Å². The summed E-state index contributed by atoms with van der Waals surface area (Å²) in [6.45, 7) is 5.76. The molecule has 2 atom stereocenters. The quantitative estimate of drug-likeness (QED) is 0.287. The van der Waals surface area contributed by atoms with E-state index in [1.54, 1.807) is 32.9 Å². The van der Waals surface area contributed by atoms with E-state index < -0.39 is 35.7 Å². The molecule has 1 aliphatic carbocycles. The van der Waals surface area contributed by atoms with Crippen LogP contribution in [0.4, 0.5) is 9.59 Å². The van der Waals surface area contributed by atoms with Gasteiger partial charge in [-0.05, 0) is 55.2 Å². The third-order valence-corrected chi connectivity index (χ3v) is 7.75. The average molecular weight is 597 g/mol. The van der Waals surface area contributed by atoms with Crippen LogP contribution in [0, 0.1) is 0 Å². The average Bonchev–Trinajstić information content (AvgIpc) is 3.72. The van der Waals surface area contributed by atoms with Crippen molar-refractivity contribution in [2.75, 3.05) is 19.7 Å². The number of fused-ring (bicyclic) bond motifs is 3. The maximum atomic E-state index is 13.2. The highest BCUT2D eigenvalue weighted by atomic mass is 16.6. The molecule has 0 saturated carbocycles. The number of nitrogens with one attached hydrogen (secondary N) is 1. The molecule has 2 heterocycles. The highest BCUT2D eigenvalue weighted by Gasteiger charge is 2.42. The summed E-state index contributed by atoms with van der Waals surface area (Å²) in [6.07, 6.45) is -1.17. The topological polar surface area (TPSA) is 144 Å². The van der Waals surface area contributed by atoms with Gasteiger partial charge in [0.25, 0.3) is 0 Å². The summed E-state index contributed by atoms with van der Waals surface area (Å²) >= 11 is 0. The van der Waals surface area contributed by atoms with Crippen molar-refractivity contribution >= 4 is 18.2 Å². The number of hydrogen-bond donors (Lipinski definition) is 2. The molecule has 226 valence electrons. The van der Waals surface area contributed by atoms with Crippen LogP contribution >= 0.6 is 0 Å². The highest BCUT2D eigenvalue weighted by Crippen LogP contribution is 2.44. The smallest absolute Gasteiger partial charge is 0.410 e. The summed E-state index contributed by atoms with van der Waals surface area (Å²) < 4.78 is 16.9. The van der Waals surface area contributed by atoms with Crippen LogP contribution in [0.15, 0.2) is 77.3 Å². The SMILES string of the molecule is CC(C)(C)OC(=O)N1C[C@H](NC(=O)OCC2c3ccccc3-c3ccccc32)[C@@H](c2nc(-c3cccc(C(=O)O)c3)no2)C1. The fourth-order valence-corrected chi connectivity index (χ4v) is 5.76. The number of benzene rings is 3. The van der Waals surface area contributed by atoms with E-state index in [1.165, 1.54) is 17.0 Å². The fourth-order valence-electron chi connectivity index (χ4n) is 5.76. The molecule has 1 fully saturated rings. The van der Waals surface area contributed by atoms with Crippen LogP contribution in [0.3, 0.4) is 0 Å². The molecule has 2 N–H and O–H groups in total. The number of ether oxygens (including phenoxy) is 2. The molecule has 0 bridgehead atoms. The molecule has 0 radical (unpaired) electrons. The van der Waals surface area contributed by atoms with Crippen LogP contribution in [0.25, 0.3) is 22.5 Å². The lowest BCUT2D eigenvalue weighted by atomic mass is 9.98. The summed E-state index contributed by atoms with van der Waals surface area (Å²) in [7, 11) is 0. The van der Waals surface area contributed by atoms with Gasteiger partial charge >= 0.3 is 18.2 Å². The first-order valence-corrected chi connectivity index (χ1v) is 14.3. The minimum absolute atomic E-state index is 0.0839. The fraction of sp³-hybridized carbons (Fsp3) is 0.303. The second-order valence-corrected chi connectivity index (χ2v) is 11.9. The molecule has 11 nitrogen and oxygen atoms in total. The van der Waals surface area contributed by atoms with Crippen molar-refractivity contribution in [1.29, 1.82) is 0 Å². The normalized spacial score (nSPS) is 17.6. The van der Waals surface area contributed by atoms with E-state index in [1.807, 2.05) is 36.4 Å². The van der Waals surface area contributed by atoms with Crippen LogP contribution in [0.1, 0.15) is 60.0 Å². The van der Waals surface area contributed by atoms with Gasteiger partial charge in [-0.2, -0.15) is 4.98 Å². The molecule has 1 aliphatic heterocycles. The minimum Gasteiger partial charge on any atom is -0.478 e. The lowest BCUT2D eigenvalue weighted by molar-refractivity contribution is 0.0287. The molecule has 44 heavy (non-hydrogen) atoms. The van der Waals surface area contributed by atoms with E-state index >= 15 is 0 Å². The summed E-state index contributed by atoms with van der Waals surface area (Å²) in [6, 6.07) is 21.7. The van der Waals surface area contributed by atoms with Crippen LogP contribution in [0.5, 0.6) is 0 Å². The Morgan fingerprint density at radius 3 is 2.32 bits per heavy atom. The lowest BCUT2D eigenvalue weighted by Crippen LogP contribution is -2.42. The van der Waals surface area contributed by atoms with Crippen LogP contribution in [0.2, 0.25) is 0 Å². The van der Waals surface area contributed by atoms with Gasteiger partial charge < -0.3 is 29.3 Å². The van der Waals surface area contributed by atoms with Crippen molar-refractivity contribution in [3.63, 3.8) is 0 Å². The number of amides is 2. The summed E-state index contributed by atoms with van der Waals surface area (Å²) in [5, 5.41) is 16.3. The molecule has 6 rings (SSSR count). The number of carboxylic acids is 1. The molecule has 0 unspecified atom stereocenters. The number of carboxylic acid groups (broad SMARTS) is 1. The van der Waals surface area contributed by atoms with Gasteiger partial charge in [0, 0.05) is 24.6 Å². The Hall–Kier alpha value is -5.19. The monoisotopic (exact) mass is 596 g/mol. The molecular weight excluding hydrogens is 564 g/mol. The predicted octanol–water partition coefficient (Wildman–Crippen LogP) is 5.68. The Morgan fingerprint density at radius 1 is 0.977 bits per heavy atom. The molecule has 2 aliphatic rings. The van der Waals surface area contributed by atoms with Gasteiger partial charge in [-0.1, -0.05) is 65.8 Å². The molecular formula is C33H32N4O7. The van der Waals surface area contributed by atoms with E-state index in [2.05, 4.69) is 27.6 Å². The van der Waals surface area contributed by atoms with Crippen molar-refractivity contribution in [2.45, 2.75) is 44.2 Å². The number of likely N-dealkylation sites (tertiary alicyclic amines) is 1. The van der Waals surface area contributed by atoms with Crippen LogP contribution in [-0.4, -0.2) is 69.6 Å². The Kier molecular flexibility index (Phi) is 7.54. The van der Waals surface area contributed by atoms with E-state index in [0.717, 1.165) is 22.3 Å². The number of hydrogen-bond acceptors (Lipinski definition) is 8. The van der Waals surface area contributed by atoms with Crippen LogP contribution in [-0.2, 0) is 9.47 Å². The third-order valence-electron chi connectivity index (χ3n) is 7.75. The predicted molar refractivity (Wildman–Crippen MR) is 159 cm³/mol. The lowest BCUT2D eigenvalue weighted by Gasteiger charge is -2.24. The maximum absolute atomic E-state index is 13.2. The number of carbonyl (C=O) groups excluding carboxylic acids is 2. The largest absolute Gasteiger partial charge is 0.478 e. The Balaban J connectivity index is 1.20. The van der Waals surface area contributed by atoms with Crippen molar-refractivity contribution in [3.8, 4) is 22.5 Å². The van der Waals surface area contributed by atoms with Crippen molar-refractivity contribution in [2.24, 2.45) is 0 Å².